The highest BCUT2D eigenvalue weighted by Gasteiger charge is 2.41. The number of hydrogen-bond donors (Lipinski definition) is 2. The monoisotopic (exact) mass is 422 g/mol. The highest BCUT2D eigenvalue weighted by atomic mass is 32.1. The average molecular weight is 423 g/mol. The molecule has 2 atom stereocenters. The number of aliphatic hydroxyl groups excluding tert-OH is 1. The molecule has 6 nitrogen and oxygen atoms in total. The highest BCUT2D eigenvalue weighted by molar-refractivity contribution is 7.80. The molecule has 3 aromatic rings. The van der Waals surface area contributed by atoms with Gasteiger partial charge in [0.25, 0.3) is 0 Å². The maximum absolute atomic E-state index is 9.67. The van der Waals surface area contributed by atoms with Gasteiger partial charge < -0.3 is 24.6 Å². The number of aliphatic hydroxyl groups is 1. The van der Waals surface area contributed by atoms with Crippen molar-refractivity contribution in [1.29, 1.82) is 0 Å². The lowest BCUT2D eigenvalue weighted by Gasteiger charge is -2.27. The summed E-state index contributed by atoms with van der Waals surface area (Å²) in [6.07, 6.45) is 1.80. The second kappa shape index (κ2) is 8.45. The molecule has 7 heteroatoms. The minimum atomic E-state index is -0.0930. The van der Waals surface area contributed by atoms with Gasteiger partial charge in [-0.2, -0.15) is 0 Å². The molecule has 1 fully saturated rings. The van der Waals surface area contributed by atoms with E-state index >= 15 is 0 Å². The quantitative estimate of drug-likeness (QED) is 0.593. The van der Waals surface area contributed by atoms with Gasteiger partial charge in [-0.25, -0.2) is 0 Å². The molecule has 1 aliphatic rings. The van der Waals surface area contributed by atoms with Gasteiger partial charge in [0, 0.05) is 35.9 Å². The van der Waals surface area contributed by atoms with Crippen molar-refractivity contribution in [2.24, 2.45) is 0 Å². The third-order valence-corrected chi connectivity index (χ3v) is 5.99. The Kier molecular flexibility index (Phi) is 5.74. The van der Waals surface area contributed by atoms with E-state index in [1.54, 1.807) is 13.3 Å². The maximum Gasteiger partial charge on any atom is 0.170 e. The van der Waals surface area contributed by atoms with Crippen molar-refractivity contribution in [2.75, 3.05) is 20.3 Å². The fourth-order valence-corrected chi connectivity index (χ4v) is 4.66. The van der Waals surface area contributed by atoms with Gasteiger partial charge in [-0.1, -0.05) is 12.1 Å². The topological polar surface area (TPSA) is 62.5 Å². The molecule has 0 aliphatic carbocycles. The molecule has 0 amide bonds. The summed E-state index contributed by atoms with van der Waals surface area (Å²) in [6.45, 7) is 4.71. The number of nitrogens with zero attached hydrogens (tertiary/aromatic N) is 3. The number of aryl methyl sites for hydroxylation is 1. The van der Waals surface area contributed by atoms with Gasteiger partial charge in [0.1, 0.15) is 5.75 Å². The number of benzene rings is 1. The van der Waals surface area contributed by atoms with Crippen LogP contribution in [0.2, 0.25) is 0 Å². The predicted molar refractivity (Wildman–Crippen MR) is 121 cm³/mol. The van der Waals surface area contributed by atoms with Gasteiger partial charge in [-0.3, -0.25) is 4.98 Å². The van der Waals surface area contributed by atoms with Crippen LogP contribution < -0.4 is 10.1 Å². The molecular formula is C23H26N4O2S. The summed E-state index contributed by atoms with van der Waals surface area (Å²) in [4.78, 5) is 6.63. The van der Waals surface area contributed by atoms with Crippen molar-refractivity contribution >= 4 is 17.3 Å². The molecule has 1 aromatic carbocycles. The van der Waals surface area contributed by atoms with Crippen LogP contribution in [0, 0.1) is 13.8 Å². The zero-order chi connectivity index (χ0) is 21.3. The Hall–Kier alpha value is -2.90. The van der Waals surface area contributed by atoms with Crippen molar-refractivity contribution in [1.82, 2.24) is 19.8 Å². The highest BCUT2D eigenvalue weighted by Crippen LogP contribution is 2.41. The van der Waals surface area contributed by atoms with Gasteiger partial charge in [0.05, 0.1) is 31.5 Å². The summed E-state index contributed by atoms with van der Waals surface area (Å²) in [7, 11) is 1.68. The van der Waals surface area contributed by atoms with Crippen LogP contribution in [0.3, 0.4) is 0 Å². The van der Waals surface area contributed by atoms with E-state index in [9.17, 15) is 5.11 Å². The Bertz CT molecular complexity index is 1050. The number of β-amino-alcohol motifs (C(OH)–C–C–N with tert-alkyl or cyclic N) is 1. The standard InChI is InChI=1S/C23H26N4O2S/c1-15-13-19(16(2)27(15)17-7-6-8-18(14-17)29-3)22-21(20-9-4-5-10-24-20)25-23(30)26(22)11-12-28/h4-10,13-14,21-22,28H,11-12H2,1-3H3,(H,25,30)/t21-,22+/m1/s1. The Morgan fingerprint density at radius 3 is 2.70 bits per heavy atom. The predicted octanol–water partition coefficient (Wildman–Crippen LogP) is 3.46. The van der Waals surface area contributed by atoms with E-state index in [0.29, 0.717) is 11.7 Å². The zero-order valence-corrected chi connectivity index (χ0v) is 18.2. The molecule has 30 heavy (non-hydrogen) atoms. The Labute approximate surface area is 182 Å². The molecule has 4 rings (SSSR count). The van der Waals surface area contributed by atoms with E-state index in [1.807, 2.05) is 36.4 Å². The van der Waals surface area contributed by atoms with Crippen LogP contribution in [0.4, 0.5) is 0 Å². The van der Waals surface area contributed by atoms with Crippen molar-refractivity contribution in [2.45, 2.75) is 25.9 Å². The lowest BCUT2D eigenvalue weighted by atomic mass is 9.97. The molecule has 0 bridgehead atoms. The van der Waals surface area contributed by atoms with Gasteiger partial charge in [0.15, 0.2) is 5.11 Å². The Balaban J connectivity index is 1.83. The molecule has 0 unspecified atom stereocenters. The summed E-state index contributed by atoms with van der Waals surface area (Å²) in [6, 6.07) is 16.0. The summed E-state index contributed by atoms with van der Waals surface area (Å²) in [5.74, 6) is 0.818. The van der Waals surface area contributed by atoms with Crippen LogP contribution >= 0.6 is 12.2 Å². The molecular weight excluding hydrogens is 396 g/mol. The van der Waals surface area contributed by atoms with Crippen LogP contribution in [-0.4, -0.2) is 44.9 Å². The summed E-state index contributed by atoms with van der Waals surface area (Å²) >= 11 is 5.62. The number of rotatable bonds is 6. The normalized spacial score (nSPS) is 18.5. The number of nitrogens with one attached hydrogen (secondary N) is 1. The van der Waals surface area contributed by atoms with Crippen LogP contribution in [0.1, 0.15) is 34.7 Å². The SMILES string of the molecule is COc1cccc(-n2c(C)cc([C@H]3[C@@H](c4ccccn4)NC(=S)N3CCO)c2C)c1. The van der Waals surface area contributed by atoms with Crippen molar-refractivity contribution in [3.63, 3.8) is 0 Å². The van der Waals surface area contributed by atoms with Crippen LogP contribution in [0.25, 0.3) is 5.69 Å². The molecule has 2 aromatic heterocycles. The third-order valence-electron chi connectivity index (χ3n) is 5.64. The molecule has 0 spiro atoms. The first-order chi connectivity index (χ1) is 14.5. The first-order valence-corrected chi connectivity index (χ1v) is 10.4. The second-order valence-corrected chi connectivity index (χ2v) is 7.79. The Morgan fingerprint density at radius 1 is 1.17 bits per heavy atom. The van der Waals surface area contributed by atoms with E-state index in [-0.39, 0.29) is 18.7 Å². The molecule has 0 radical (unpaired) electrons. The first-order valence-electron chi connectivity index (χ1n) is 9.97. The molecule has 3 heterocycles. The fraction of sp³-hybridized carbons (Fsp3) is 0.304. The summed E-state index contributed by atoms with van der Waals surface area (Å²) < 4.78 is 7.64. The molecule has 156 valence electrons. The zero-order valence-electron chi connectivity index (χ0n) is 17.4. The lowest BCUT2D eigenvalue weighted by Crippen LogP contribution is -2.32. The van der Waals surface area contributed by atoms with E-state index in [1.165, 1.54) is 0 Å². The molecule has 1 saturated heterocycles. The average Bonchev–Trinajstić information content (AvgIpc) is 3.24. The number of ether oxygens (including phenoxy) is 1. The Morgan fingerprint density at radius 2 is 2.00 bits per heavy atom. The molecule has 1 aliphatic heterocycles. The van der Waals surface area contributed by atoms with E-state index < -0.39 is 0 Å². The van der Waals surface area contributed by atoms with Gasteiger partial charge in [0.2, 0.25) is 0 Å². The fourth-order valence-electron chi connectivity index (χ4n) is 4.33. The number of thiocarbonyl (C=S) groups is 1. The van der Waals surface area contributed by atoms with Gasteiger partial charge in [-0.15, -0.1) is 0 Å². The minimum absolute atomic E-state index is 0.0296. The summed E-state index contributed by atoms with van der Waals surface area (Å²) in [5.41, 5.74) is 5.38. The number of aromatic nitrogens is 2. The van der Waals surface area contributed by atoms with Crippen LogP contribution in [0.15, 0.2) is 54.7 Å². The molecule has 2 N–H and O–H groups in total. The van der Waals surface area contributed by atoms with Crippen molar-refractivity contribution in [3.8, 4) is 11.4 Å². The van der Waals surface area contributed by atoms with Crippen LogP contribution in [-0.2, 0) is 0 Å². The smallest absolute Gasteiger partial charge is 0.170 e. The van der Waals surface area contributed by atoms with E-state index in [4.69, 9.17) is 17.0 Å². The minimum Gasteiger partial charge on any atom is -0.497 e. The largest absolute Gasteiger partial charge is 0.497 e. The third kappa shape index (κ3) is 3.55. The van der Waals surface area contributed by atoms with Crippen molar-refractivity contribution < 1.29 is 9.84 Å². The van der Waals surface area contributed by atoms with Crippen molar-refractivity contribution in [3.05, 3.63) is 77.4 Å². The number of pyridine rings is 1. The van der Waals surface area contributed by atoms with E-state index in [2.05, 4.69) is 45.7 Å². The second-order valence-electron chi connectivity index (χ2n) is 7.41. The number of hydrogen-bond acceptors (Lipinski definition) is 4. The van der Waals surface area contributed by atoms with Gasteiger partial charge in [-0.05, 0) is 62.0 Å². The summed E-state index contributed by atoms with van der Waals surface area (Å²) in [5, 5.41) is 13.7. The van der Waals surface area contributed by atoms with E-state index in [0.717, 1.165) is 34.1 Å². The maximum atomic E-state index is 9.67. The lowest BCUT2D eigenvalue weighted by molar-refractivity contribution is 0.223. The first kappa shape index (κ1) is 20.4. The molecule has 0 saturated carbocycles. The van der Waals surface area contributed by atoms with Gasteiger partial charge >= 0.3 is 0 Å². The number of methoxy groups -OCH3 is 1. The van der Waals surface area contributed by atoms with Crippen LogP contribution in [0.5, 0.6) is 5.75 Å².